The van der Waals surface area contributed by atoms with Crippen LogP contribution in [0, 0.1) is 0 Å². The van der Waals surface area contributed by atoms with E-state index in [1.165, 1.54) is 0 Å². The van der Waals surface area contributed by atoms with Crippen molar-refractivity contribution in [3.05, 3.63) is 24.0 Å². The van der Waals surface area contributed by atoms with Gasteiger partial charge in [-0.2, -0.15) is 0 Å². The fourth-order valence-corrected chi connectivity index (χ4v) is 2.19. The first kappa shape index (κ1) is 14.0. The van der Waals surface area contributed by atoms with E-state index in [0.29, 0.717) is 12.1 Å². The highest BCUT2D eigenvalue weighted by Gasteiger charge is 2.28. The molecule has 2 rings (SSSR count). The summed E-state index contributed by atoms with van der Waals surface area (Å²) in [6.07, 6.45) is 3.13. The van der Waals surface area contributed by atoms with Gasteiger partial charge in [0.15, 0.2) is 0 Å². The Hall–Kier alpha value is -1.46. The van der Waals surface area contributed by atoms with Gasteiger partial charge in [-0.1, -0.05) is 0 Å². The Balaban J connectivity index is 1.96. The molecule has 3 unspecified atom stereocenters. The van der Waals surface area contributed by atoms with E-state index in [0.717, 1.165) is 18.5 Å². The molecule has 1 aliphatic rings. The van der Waals surface area contributed by atoms with Crippen molar-refractivity contribution in [2.45, 2.75) is 51.4 Å². The number of hydrogen-bond acceptors (Lipinski definition) is 4. The first-order valence-electron chi connectivity index (χ1n) is 6.64. The molecule has 19 heavy (non-hydrogen) atoms. The standard InChI is InChI=1S/C14H20N2O3/c1-9(17)7-12-8-11(5-6-15-12)16-14(18)13-4-3-10(2)19-13/h5-6,8-10,13,17H,3-4,7H2,1-2H3,(H,15,16,18). The number of aliphatic hydroxyl groups excluding tert-OH is 1. The highest BCUT2D eigenvalue weighted by atomic mass is 16.5. The van der Waals surface area contributed by atoms with Crippen molar-refractivity contribution < 1.29 is 14.6 Å². The van der Waals surface area contributed by atoms with Crippen LogP contribution < -0.4 is 5.32 Å². The van der Waals surface area contributed by atoms with Crippen molar-refractivity contribution >= 4 is 11.6 Å². The van der Waals surface area contributed by atoms with E-state index in [2.05, 4.69) is 10.3 Å². The maximum Gasteiger partial charge on any atom is 0.253 e. The molecule has 3 atom stereocenters. The van der Waals surface area contributed by atoms with Crippen molar-refractivity contribution in [2.24, 2.45) is 0 Å². The molecule has 2 heterocycles. The molecule has 5 heteroatoms. The monoisotopic (exact) mass is 264 g/mol. The van der Waals surface area contributed by atoms with Gasteiger partial charge in [0, 0.05) is 24.0 Å². The molecule has 104 valence electrons. The van der Waals surface area contributed by atoms with E-state index in [-0.39, 0.29) is 18.1 Å². The number of amides is 1. The molecule has 1 amide bonds. The van der Waals surface area contributed by atoms with Crippen LogP contribution in [0.4, 0.5) is 5.69 Å². The number of pyridine rings is 1. The number of carbonyl (C=O) groups is 1. The third kappa shape index (κ3) is 4.01. The topological polar surface area (TPSA) is 71.5 Å². The van der Waals surface area contributed by atoms with Crippen LogP contribution in [0.3, 0.4) is 0 Å². The molecule has 1 saturated heterocycles. The van der Waals surface area contributed by atoms with Crippen LogP contribution >= 0.6 is 0 Å². The summed E-state index contributed by atoms with van der Waals surface area (Å²) in [5.41, 5.74) is 1.45. The molecular weight excluding hydrogens is 244 g/mol. The molecule has 0 radical (unpaired) electrons. The Morgan fingerprint density at radius 1 is 1.63 bits per heavy atom. The van der Waals surface area contributed by atoms with Crippen LogP contribution in [0.5, 0.6) is 0 Å². The van der Waals surface area contributed by atoms with Crippen molar-refractivity contribution in [3.8, 4) is 0 Å². The normalized spacial score (nSPS) is 24.2. The molecule has 5 nitrogen and oxygen atoms in total. The quantitative estimate of drug-likeness (QED) is 0.864. The Morgan fingerprint density at radius 3 is 3.05 bits per heavy atom. The minimum Gasteiger partial charge on any atom is -0.393 e. The van der Waals surface area contributed by atoms with Gasteiger partial charge in [0.2, 0.25) is 0 Å². The number of nitrogens with one attached hydrogen (secondary N) is 1. The number of aliphatic hydroxyl groups is 1. The number of carbonyl (C=O) groups excluding carboxylic acids is 1. The number of rotatable bonds is 4. The average Bonchev–Trinajstić information content (AvgIpc) is 2.75. The molecule has 0 spiro atoms. The van der Waals surface area contributed by atoms with Crippen molar-refractivity contribution in [2.75, 3.05) is 5.32 Å². The second-order valence-corrected chi connectivity index (χ2v) is 5.09. The predicted molar refractivity (Wildman–Crippen MR) is 71.8 cm³/mol. The minimum absolute atomic E-state index is 0.112. The van der Waals surface area contributed by atoms with Gasteiger partial charge >= 0.3 is 0 Å². The first-order valence-corrected chi connectivity index (χ1v) is 6.64. The van der Waals surface area contributed by atoms with Gasteiger partial charge in [0.1, 0.15) is 6.10 Å². The summed E-state index contributed by atoms with van der Waals surface area (Å²) in [4.78, 5) is 16.1. The fraction of sp³-hybridized carbons (Fsp3) is 0.571. The molecule has 1 fully saturated rings. The van der Waals surface area contributed by atoms with Gasteiger partial charge in [-0.25, -0.2) is 0 Å². The summed E-state index contributed by atoms with van der Waals surface area (Å²) >= 11 is 0. The van der Waals surface area contributed by atoms with Crippen LogP contribution in [0.25, 0.3) is 0 Å². The molecule has 1 aromatic heterocycles. The zero-order chi connectivity index (χ0) is 13.8. The van der Waals surface area contributed by atoms with Crippen LogP contribution in [-0.2, 0) is 16.0 Å². The van der Waals surface area contributed by atoms with Crippen LogP contribution in [0.15, 0.2) is 18.3 Å². The van der Waals surface area contributed by atoms with E-state index in [4.69, 9.17) is 4.74 Å². The summed E-state index contributed by atoms with van der Waals surface area (Å²) in [6, 6.07) is 3.52. The van der Waals surface area contributed by atoms with Crippen molar-refractivity contribution in [3.63, 3.8) is 0 Å². The summed E-state index contributed by atoms with van der Waals surface area (Å²) in [7, 11) is 0. The molecular formula is C14H20N2O3. The molecule has 0 bridgehead atoms. The van der Waals surface area contributed by atoms with Crippen LogP contribution in [-0.4, -0.2) is 34.3 Å². The lowest BCUT2D eigenvalue weighted by Gasteiger charge is -2.12. The zero-order valence-corrected chi connectivity index (χ0v) is 11.3. The van der Waals surface area contributed by atoms with Crippen LogP contribution in [0.2, 0.25) is 0 Å². The SMILES string of the molecule is CC(O)Cc1cc(NC(=O)C2CCC(C)O2)ccn1. The molecule has 0 aromatic carbocycles. The highest BCUT2D eigenvalue weighted by Crippen LogP contribution is 2.20. The highest BCUT2D eigenvalue weighted by molar-refractivity contribution is 5.94. The van der Waals surface area contributed by atoms with Crippen molar-refractivity contribution in [1.82, 2.24) is 4.98 Å². The van der Waals surface area contributed by atoms with Gasteiger partial charge < -0.3 is 15.2 Å². The maximum absolute atomic E-state index is 12.0. The van der Waals surface area contributed by atoms with E-state index in [1.54, 1.807) is 25.3 Å². The maximum atomic E-state index is 12.0. The molecule has 1 aliphatic heterocycles. The van der Waals surface area contributed by atoms with Gasteiger partial charge in [-0.3, -0.25) is 9.78 Å². The Morgan fingerprint density at radius 2 is 2.42 bits per heavy atom. The second kappa shape index (κ2) is 6.12. The smallest absolute Gasteiger partial charge is 0.253 e. The number of nitrogens with zero attached hydrogens (tertiary/aromatic N) is 1. The second-order valence-electron chi connectivity index (χ2n) is 5.09. The predicted octanol–water partition coefficient (Wildman–Crippen LogP) is 1.51. The number of aromatic nitrogens is 1. The number of anilines is 1. The first-order chi connectivity index (χ1) is 9.04. The Bertz CT molecular complexity index is 448. The Kier molecular flexibility index (Phi) is 4.50. The molecule has 0 aliphatic carbocycles. The van der Waals surface area contributed by atoms with Crippen molar-refractivity contribution in [1.29, 1.82) is 0 Å². The third-order valence-electron chi connectivity index (χ3n) is 3.11. The summed E-state index contributed by atoms with van der Waals surface area (Å²) in [5, 5.41) is 12.2. The van der Waals surface area contributed by atoms with E-state index >= 15 is 0 Å². The third-order valence-corrected chi connectivity index (χ3v) is 3.11. The fourth-order valence-electron chi connectivity index (χ4n) is 2.19. The molecule has 1 aromatic rings. The average molecular weight is 264 g/mol. The van der Waals surface area contributed by atoms with E-state index in [1.807, 2.05) is 6.92 Å². The van der Waals surface area contributed by atoms with E-state index in [9.17, 15) is 9.90 Å². The minimum atomic E-state index is -0.447. The van der Waals surface area contributed by atoms with E-state index < -0.39 is 6.10 Å². The van der Waals surface area contributed by atoms with Gasteiger partial charge in [0.05, 0.1) is 12.2 Å². The zero-order valence-electron chi connectivity index (χ0n) is 11.3. The lowest BCUT2D eigenvalue weighted by atomic mass is 10.2. The lowest BCUT2D eigenvalue weighted by Crippen LogP contribution is -2.27. The molecule has 2 N–H and O–H groups in total. The molecule has 0 saturated carbocycles. The lowest BCUT2D eigenvalue weighted by molar-refractivity contribution is -0.126. The van der Waals surface area contributed by atoms with Gasteiger partial charge in [0.25, 0.3) is 5.91 Å². The van der Waals surface area contributed by atoms with Crippen LogP contribution in [0.1, 0.15) is 32.4 Å². The Labute approximate surface area is 113 Å². The van der Waals surface area contributed by atoms with Gasteiger partial charge in [-0.15, -0.1) is 0 Å². The van der Waals surface area contributed by atoms with Gasteiger partial charge in [-0.05, 0) is 38.8 Å². The largest absolute Gasteiger partial charge is 0.393 e. The summed E-state index contributed by atoms with van der Waals surface area (Å²) in [6.45, 7) is 3.68. The summed E-state index contributed by atoms with van der Waals surface area (Å²) in [5.74, 6) is -0.112. The summed E-state index contributed by atoms with van der Waals surface area (Å²) < 4.78 is 5.52. The number of ether oxygens (including phenoxy) is 1. The number of hydrogen-bond donors (Lipinski definition) is 2.